The van der Waals surface area contributed by atoms with Gasteiger partial charge >= 0.3 is 5.97 Å². The lowest BCUT2D eigenvalue weighted by Crippen LogP contribution is -1.95. The van der Waals surface area contributed by atoms with E-state index in [1.807, 2.05) is 40.9 Å². The van der Waals surface area contributed by atoms with Gasteiger partial charge < -0.3 is 5.11 Å². The Balaban J connectivity index is 1.92. The van der Waals surface area contributed by atoms with Crippen molar-refractivity contribution in [3.63, 3.8) is 0 Å². The summed E-state index contributed by atoms with van der Waals surface area (Å²) in [6, 6.07) is 12.6. The van der Waals surface area contributed by atoms with E-state index in [0.717, 1.165) is 26.4 Å². The number of carboxylic acid groups (broad SMARTS) is 1. The van der Waals surface area contributed by atoms with Gasteiger partial charge in [0.15, 0.2) is 4.96 Å². The van der Waals surface area contributed by atoms with Crippen molar-refractivity contribution >= 4 is 44.1 Å². The molecule has 0 aliphatic carbocycles. The van der Waals surface area contributed by atoms with E-state index < -0.39 is 5.97 Å². The maximum atomic E-state index is 11.1. The number of aromatic carboxylic acids is 1. The molecule has 0 spiro atoms. The van der Waals surface area contributed by atoms with Crippen molar-refractivity contribution in [2.45, 2.75) is 0 Å². The molecule has 2 aromatic heterocycles. The Labute approximate surface area is 134 Å². The smallest absolute Gasteiger partial charge is 0.335 e. The number of imidazole rings is 1. The molecule has 0 saturated carbocycles. The van der Waals surface area contributed by atoms with E-state index in [0.29, 0.717) is 5.02 Å². The normalized spacial score (nSPS) is 11.3. The highest BCUT2D eigenvalue weighted by Gasteiger charge is 2.12. The number of aromatic nitrogens is 2. The molecular formula is C16H9ClN2O2S. The summed E-state index contributed by atoms with van der Waals surface area (Å²) in [6.45, 7) is 0. The average molecular weight is 329 g/mol. The van der Waals surface area contributed by atoms with Crippen LogP contribution in [0.5, 0.6) is 0 Å². The van der Waals surface area contributed by atoms with Crippen LogP contribution in [0.15, 0.2) is 48.7 Å². The minimum atomic E-state index is -0.931. The van der Waals surface area contributed by atoms with Crippen molar-refractivity contribution in [2.24, 2.45) is 0 Å². The topological polar surface area (TPSA) is 54.6 Å². The predicted octanol–water partition coefficient (Wildman–Crippen LogP) is 4.57. The van der Waals surface area contributed by atoms with E-state index in [1.165, 1.54) is 11.3 Å². The molecule has 4 nitrogen and oxygen atoms in total. The number of halogens is 1. The molecule has 0 saturated heterocycles. The number of hydrogen-bond acceptors (Lipinski definition) is 3. The summed E-state index contributed by atoms with van der Waals surface area (Å²) < 4.78 is 2.94. The summed E-state index contributed by atoms with van der Waals surface area (Å²) in [4.78, 5) is 16.6. The SMILES string of the molecule is O=C(O)c1ccc2sc3nc(-c4ccc(Cl)cc4)cn3c2c1. The second-order valence-corrected chi connectivity index (χ2v) is 6.32. The Kier molecular flexibility index (Phi) is 2.92. The standard InChI is InChI=1S/C16H9ClN2O2S/c17-11-4-1-9(2-5-11)12-8-19-13-7-10(15(20)21)3-6-14(13)22-16(19)18-12/h1-8H,(H,20,21). The summed E-state index contributed by atoms with van der Waals surface area (Å²) in [5.74, 6) is -0.931. The summed E-state index contributed by atoms with van der Waals surface area (Å²) in [6.07, 6.45) is 1.92. The lowest BCUT2D eigenvalue weighted by molar-refractivity contribution is 0.0697. The Hall–Kier alpha value is -2.37. The fourth-order valence-corrected chi connectivity index (χ4v) is 3.50. The quantitative estimate of drug-likeness (QED) is 0.586. The summed E-state index contributed by atoms with van der Waals surface area (Å²) in [5, 5.41) is 9.81. The van der Waals surface area contributed by atoms with E-state index in [-0.39, 0.29) is 5.56 Å². The highest BCUT2D eigenvalue weighted by atomic mass is 35.5. The number of carbonyl (C=O) groups is 1. The van der Waals surface area contributed by atoms with Crippen LogP contribution in [0.4, 0.5) is 0 Å². The van der Waals surface area contributed by atoms with Crippen molar-refractivity contribution in [1.29, 1.82) is 0 Å². The van der Waals surface area contributed by atoms with Gasteiger partial charge in [-0.05, 0) is 30.3 Å². The van der Waals surface area contributed by atoms with Crippen LogP contribution in [0, 0.1) is 0 Å². The van der Waals surface area contributed by atoms with Crippen LogP contribution in [0.1, 0.15) is 10.4 Å². The van der Waals surface area contributed by atoms with E-state index >= 15 is 0 Å². The molecule has 2 heterocycles. The number of rotatable bonds is 2. The van der Waals surface area contributed by atoms with Crippen LogP contribution < -0.4 is 0 Å². The van der Waals surface area contributed by atoms with Crippen molar-refractivity contribution in [1.82, 2.24) is 9.38 Å². The number of nitrogens with zero attached hydrogens (tertiary/aromatic N) is 2. The molecule has 0 radical (unpaired) electrons. The third kappa shape index (κ3) is 2.06. The molecule has 6 heteroatoms. The molecule has 0 aliphatic rings. The number of carboxylic acids is 1. The summed E-state index contributed by atoms with van der Waals surface area (Å²) in [5.41, 5.74) is 2.94. The summed E-state index contributed by atoms with van der Waals surface area (Å²) in [7, 11) is 0. The van der Waals surface area contributed by atoms with Gasteiger partial charge in [0.25, 0.3) is 0 Å². The van der Waals surface area contributed by atoms with Gasteiger partial charge in [-0.1, -0.05) is 35.1 Å². The lowest BCUT2D eigenvalue weighted by Gasteiger charge is -1.97. The first-order chi connectivity index (χ1) is 10.6. The zero-order chi connectivity index (χ0) is 15.3. The first kappa shape index (κ1) is 13.3. The first-order valence-electron chi connectivity index (χ1n) is 6.53. The van der Waals surface area contributed by atoms with Gasteiger partial charge in [0, 0.05) is 16.8 Å². The second kappa shape index (κ2) is 4.83. The molecule has 4 aromatic rings. The van der Waals surface area contributed by atoms with Crippen LogP contribution >= 0.6 is 22.9 Å². The van der Waals surface area contributed by atoms with Gasteiger partial charge in [-0.2, -0.15) is 0 Å². The maximum Gasteiger partial charge on any atom is 0.335 e. The van der Waals surface area contributed by atoms with Crippen LogP contribution in [0.3, 0.4) is 0 Å². The van der Waals surface area contributed by atoms with Gasteiger partial charge in [0.05, 0.1) is 21.5 Å². The molecule has 22 heavy (non-hydrogen) atoms. The molecular weight excluding hydrogens is 320 g/mol. The van der Waals surface area contributed by atoms with Crippen molar-refractivity contribution in [3.8, 4) is 11.3 Å². The molecule has 0 aliphatic heterocycles. The minimum absolute atomic E-state index is 0.272. The molecule has 0 amide bonds. The van der Waals surface area contributed by atoms with Crippen molar-refractivity contribution in [3.05, 3.63) is 59.2 Å². The zero-order valence-corrected chi connectivity index (χ0v) is 12.7. The minimum Gasteiger partial charge on any atom is -0.478 e. The Morgan fingerprint density at radius 1 is 1.18 bits per heavy atom. The second-order valence-electron chi connectivity index (χ2n) is 4.88. The highest BCUT2D eigenvalue weighted by molar-refractivity contribution is 7.23. The van der Waals surface area contributed by atoms with Gasteiger partial charge in [-0.25, -0.2) is 9.78 Å². The van der Waals surface area contributed by atoms with E-state index in [1.54, 1.807) is 12.1 Å². The van der Waals surface area contributed by atoms with Crippen molar-refractivity contribution < 1.29 is 9.90 Å². The Bertz CT molecular complexity index is 1020. The van der Waals surface area contributed by atoms with Gasteiger partial charge in [-0.3, -0.25) is 4.40 Å². The number of benzene rings is 2. The molecule has 0 bridgehead atoms. The number of hydrogen-bond donors (Lipinski definition) is 1. The van der Waals surface area contributed by atoms with Gasteiger partial charge in [0.2, 0.25) is 0 Å². The lowest BCUT2D eigenvalue weighted by atomic mass is 10.2. The van der Waals surface area contributed by atoms with Crippen LogP contribution in [0.25, 0.3) is 26.4 Å². The fraction of sp³-hybridized carbons (Fsp3) is 0. The monoisotopic (exact) mass is 328 g/mol. The zero-order valence-electron chi connectivity index (χ0n) is 11.2. The van der Waals surface area contributed by atoms with Crippen LogP contribution in [-0.4, -0.2) is 20.5 Å². The third-order valence-electron chi connectivity index (χ3n) is 3.48. The first-order valence-corrected chi connectivity index (χ1v) is 7.72. The van der Waals surface area contributed by atoms with Crippen LogP contribution in [-0.2, 0) is 0 Å². The highest BCUT2D eigenvalue weighted by Crippen LogP contribution is 2.30. The molecule has 0 unspecified atom stereocenters. The predicted molar refractivity (Wildman–Crippen MR) is 88.0 cm³/mol. The molecule has 1 N–H and O–H groups in total. The Morgan fingerprint density at radius 2 is 1.95 bits per heavy atom. The van der Waals surface area contributed by atoms with Crippen molar-refractivity contribution in [2.75, 3.05) is 0 Å². The van der Waals surface area contributed by atoms with E-state index in [2.05, 4.69) is 4.98 Å². The molecule has 4 rings (SSSR count). The Morgan fingerprint density at radius 3 is 2.68 bits per heavy atom. The number of fused-ring (bicyclic) bond motifs is 3. The third-order valence-corrected chi connectivity index (χ3v) is 4.77. The average Bonchev–Trinajstić information content (AvgIpc) is 3.05. The van der Waals surface area contributed by atoms with Gasteiger partial charge in [-0.15, -0.1) is 0 Å². The van der Waals surface area contributed by atoms with E-state index in [4.69, 9.17) is 16.7 Å². The van der Waals surface area contributed by atoms with E-state index in [9.17, 15) is 4.79 Å². The summed E-state index contributed by atoms with van der Waals surface area (Å²) >= 11 is 7.44. The molecule has 0 atom stereocenters. The van der Waals surface area contributed by atoms with Crippen LogP contribution in [0.2, 0.25) is 5.02 Å². The maximum absolute atomic E-state index is 11.1. The molecule has 0 fully saturated rings. The molecule has 108 valence electrons. The fourth-order valence-electron chi connectivity index (χ4n) is 2.39. The number of thiazole rings is 1. The molecule has 2 aromatic carbocycles. The van der Waals surface area contributed by atoms with Gasteiger partial charge in [0.1, 0.15) is 0 Å². The largest absolute Gasteiger partial charge is 0.478 e.